The van der Waals surface area contributed by atoms with Crippen molar-refractivity contribution in [1.82, 2.24) is 0 Å². The average Bonchev–Trinajstić information content (AvgIpc) is 3.26. The van der Waals surface area contributed by atoms with Gasteiger partial charge in [-0.1, -0.05) is 78.0 Å². The third kappa shape index (κ3) is 9.67. The molecular formula is C44H43NO14. The molecule has 0 radical (unpaired) electrons. The third-order valence-electron chi connectivity index (χ3n) is 9.66. The summed E-state index contributed by atoms with van der Waals surface area (Å²) in [6, 6.07) is 32.4. The molecule has 0 bridgehead atoms. The first-order valence-corrected chi connectivity index (χ1v) is 18.9. The number of benzene rings is 4. The average molecular weight is 810 g/mol. The van der Waals surface area contributed by atoms with Crippen LogP contribution in [-0.2, 0) is 47.5 Å². The van der Waals surface area contributed by atoms with Gasteiger partial charge in [-0.3, -0.25) is 0 Å². The second-order valence-corrected chi connectivity index (χ2v) is 14.2. The fourth-order valence-electron chi connectivity index (χ4n) is 6.75. The van der Waals surface area contributed by atoms with E-state index in [1.165, 1.54) is 43.5 Å². The van der Waals surface area contributed by atoms with E-state index in [1.54, 1.807) is 106 Å². The Hall–Kier alpha value is -5.97. The lowest BCUT2D eigenvalue weighted by molar-refractivity contribution is -0.356. The SMILES string of the molecule is CO[C@H]1O[C@H](C)C2=NOC(C)(C)O[C@@H]2[C@H]1O[C@@H]1O[C@H](COC(=O)c2ccccc2)[C@@H](OC(=O)c2ccccc2)[C@H](OC(=O)c2ccccc2)[C@H]1OC(=O)c1ccccc1. The molecule has 3 aliphatic rings. The zero-order valence-electron chi connectivity index (χ0n) is 32.6. The molecule has 2 saturated heterocycles. The quantitative estimate of drug-likeness (QED) is 0.129. The van der Waals surface area contributed by atoms with Gasteiger partial charge in [-0.05, 0) is 55.5 Å². The molecule has 15 heteroatoms. The van der Waals surface area contributed by atoms with Gasteiger partial charge >= 0.3 is 23.9 Å². The molecule has 3 heterocycles. The highest BCUT2D eigenvalue weighted by Crippen LogP contribution is 2.37. The Balaban J connectivity index is 1.32. The van der Waals surface area contributed by atoms with Crippen LogP contribution in [0.5, 0.6) is 0 Å². The van der Waals surface area contributed by atoms with Crippen molar-refractivity contribution in [1.29, 1.82) is 0 Å². The van der Waals surface area contributed by atoms with E-state index < -0.39 is 91.6 Å². The normalized spacial score (nSPS) is 27.1. The Morgan fingerprint density at radius 1 is 0.593 bits per heavy atom. The second kappa shape index (κ2) is 18.3. The number of oxime groups is 1. The van der Waals surface area contributed by atoms with Gasteiger partial charge in [0.1, 0.15) is 36.7 Å². The maximum atomic E-state index is 14.0. The summed E-state index contributed by atoms with van der Waals surface area (Å²) in [5.41, 5.74) is 1.01. The summed E-state index contributed by atoms with van der Waals surface area (Å²) in [6.45, 7) is 4.52. The van der Waals surface area contributed by atoms with Crippen LogP contribution in [-0.4, -0.2) is 104 Å². The number of hydrogen-bond donors (Lipinski definition) is 0. The van der Waals surface area contributed by atoms with Crippen molar-refractivity contribution >= 4 is 29.6 Å². The molecule has 0 saturated carbocycles. The molecule has 2 fully saturated rings. The van der Waals surface area contributed by atoms with E-state index in [2.05, 4.69) is 5.16 Å². The monoisotopic (exact) mass is 809 g/mol. The smallest absolute Gasteiger partial charge is 0.338 e. The van der Waals surface area contributed by atoms with Crippen LogP contribution < -0.4 is 0 Å². The molecule has 9 atom stereocenters. The van der Waals surface area contributed by atoms with E-state index in [4.69, 9.17) is 47.5 Å². The molecule has 15 nitrogen and oxygen atoms in total. The minimum atomic E-state index is -1.66. The summed E-state index contributed by atoms with van der Waals surface area (Å²) >= 11 is 0. The van der Waals surface area contributed by atoms with E-state index in [0.29, 0.717) is 5.71 Å². The molecule has 4 aromatic rings. The molecule has 0 aromatic heterocycles. The summed E-state index contributed by atoms with van der Waals surface area (Å²) < 4.78 is 55.6. The second-order valence-electron chi connectivity index (χ2n) is 14.2. The number of esters is 4. The zero-order chi connectivity index (χ0) is 41.5. The predicted molar refractivity (Wildman–Crippen MR) is 206 cm³/mol. The van der Waals surface area contributed by atoms with E-state index >= 15 is 0 Å². The van der Waals surface area contributed by atoms with Crippen molar-refractivity contribution in [2.24, 2.45) is 5.16 Å². The number of nitrogens with zero attached hydrogens (tertiary/aromatic N) is 1. The first kappa shape index (κ1) is 41.2. The standard InChI is InChI=1S/C44H43NO14/c1-26-32-34(58-44(2,3)59-45-32)36(42(50-4)52-26)57-43-37(56-41(49)30-23-15-8-16-24-30)35(55-40(48)29-21-13-7-14-22-29)33(54-39(47)28-19-11-6-12-20-28)31(53-43)25-51-38(46)27-17-9-5-10-18-27/h5-24,26,31,33-37,42-43H,25H2,1-4H3/t26-,31-,33-,34+,35+,36-,37-,42+,43+/m1/s1. The van der Waals surface area contributed by atoms with Crippen molar-refractivity contribution in [2.75, 3.05) is 13.7 Å². The van der Waals surface area contributed by atoms with Crippen LogP contribution in [0.4, 0.5) is 0 Å². The van der Waals surface area contributed by atoms with E-state index in [-0.39, 0.29) is 22.3 Å². The van der Waals surface area contributed by atoms with Crippen LogP contribution in [0.1, 0.15) is 62.2 Å². The Bertz CT molecular complexity index is 2100. The topological polar surface area (TPSA) is 173 Å². The lowest BCUT2D eigenvalue weighted by Crippen LogP contribution is -2.66. The maximum Gasteiger partial charge on any atom is 0.338 e. The van der Waals surface area contributed by atoms with Crippen LogP contribution in [0.2, 0.25) is 0 Å². The molecule has 0 aliphatic carbocycles. The van der Waals surface area contributed by atoms with Crippen LogP contribution in [0, 0.1) is 0 Å². The van der Waals surface area contributed by atoms with Crippen LogP contribution in [0.15, 0.2) is 126 Å². The lowest BCUT2D eigenvalue weighted by Gasteiger charge is -2.48. The first-order chi connectivity index (χ1) is 28.5. The van der Waals surface area contributed by atoms with Crippen molar-refractivity contribution in [2.45, 2.75) is 81.9 Å². The molecule has 0 spiro atoms. The van der Waals surface area contributed by atoms with Crippen molar-refractivity contribution in [3.8, 4) is 0 Å². The van der Waals surface area contributed by atoms with Gasteiger partial charge in [0.25, 0.3) is 0 Å². The number of hydrogen-bond acceptors (Lipinski definition) is 15. The van der Waals surface area contributed by atoms with Crippen LogP contribution in [0.3, 0.4) is 0 Å². The minimum Gasteiger partial charge on any atom is -0.459 e. The largest absolute Gasteiger partial charge is 0.459 e. The molecule has 0 N–H and O–H groups in total. The fourth-order valence-corrected chi connectivity index (χ4v) is 6.75. The maximum absolute atomic E-state index is 14.0. The summed E-state index contributed by atoms with van der Waals surface area (Å²) in [7, 11) is 1.41. The van der Waals surface area contributed by atoms with Crippen molar-refractivity contribution < 1.29 is 66.6 Å². The van der Waals surface area contributed by atoms with E-state index in [9.17, 15) is 19.2 Å². The van der Waals surface area contributed by atoms with Crippen molar-refractivity contribution in [3.63, 3.8) is 0 Å². The number of methoxy groups -OCH3 is 1. The highest BCUT2D eigenvalue weighted by Gasteiger charge is 2.57. The molecule has 0 amide bonds. The highest BCUT2D eigenvalue weighted by atomic mass is 16.8. The van der Waals surface area contributed by atoms with Gasteiger partial charge in [-0.2, -0.15) is 0 Å². The summed E-state index contributed by atoms with van der Waals surface area (Å²) in [6.07, 6.45) is -11.8. The van der Waals surface area contributed by atoms with Gasteiger partial charge in [0.2, 0.25) is 5.79 Å². The molecule has 4 aromatic carbocycles. The lowest BCUT2D eigenvalue weighted by atomic mass is 9.96. The van der Waals surface area contributed by atoms with Crippen LogP contribution >= 0.6 is 0 Å². The van der Waals surface area contributed by atoms with E-state index in [1.807, 2.05) is 0 Å². The van der Waals surface area contributed by atoms with Crippen molar-refractivity contribution in [3.05, 3.63) is 144 Å². The van der Waals surface area contributed by atoms with E-state index in [0.717, 1.165) is 0 Å². The minimum absolute atomic E-state index is 0.137. The number of fused-ring (bicyclic) bond motifs is 1. The zero-order valence-corrected chi connectivity index (χ0v) is 32.6. The van der Waals surface area contributed by atoms with Gasteiger partial charge < -0.3 is 47.5 Å². The van der Waals surface area contributed by atoms with Gasteiger partial charge in [0.15, 0.2) is 30.9 Å². The molecule has 308 valence electrons. The number of rotatable bonds is 12. The van der Waals surface area contributed by atoms with Gasteiger partial charge in [-0.15, -0.1) is 0 Å². The highest BCUT2D eigenvalue weighted by molar-refractivity contribution is 5.94. The number of ether oxygens (including phenoxy) is 9. The summed E-state index contributed by atoms with van der Waals surface area (Å²) in [5, 5.41) is 4.28. The third-order valence-corrected chi connectivity index (χ3v) is 9.66. The Labute approximate surface area is 340 Å². The van der Waals surface area contributed by atoms with Gasteiger partial charge in [0.05, 0.1) is 22.3 Å². The van der Waals surface area contributed by atoms with Gasteiger partial charge in [0, 0.05) is 21.0 Å². The number of carbonyl (C=O) groups excluding carboxylic acids is 4. The Kier molecular flexibility index (Phi) is 12.8. The molecule has 59 heavy (non-hydrogen) atoms. The number of carbonyl (C=O) groups is 4. The van der Waals surface area contributed by atoms with Gasteiger partial charge in [-0.25, -0.2) is 19.2 Å². The summed E-state index contributed by atoms with van der Waals surface area (Å²) in [5.74, 6) is -4.47. The molecule has 0 unspecified atom stereocenters. The molecule has 7 rings (SSSR count). The van der Waals surface area contributed by atoms with Crippen LogP contribution in [0.25, 0.3) is 0 Å². The first-order valence-electron chi connectivity index (χ1n) is 18.9. The molecular weight excluding hydrogens is 766 g/mol. The molecule has 3 aliphatic heterocycles. The Morgan fingerprint density at radius 3 is 1.54 bits per heavy atom. The fraction of sp³-hybridized carbons (Fsp3) is 0.341. The Morgan fingerprint density at radius 2 is 1.05 bits per heavy atom. The summed E-state index contributed by atoms with van der Waals surface area (Å²) in [4.78, 5) is 60.7. The predicted octanol–water partition coefficient (Wildman–Crippen LogP) is 5.53.